The fourth-order valence-corrected chi connectivity index (χ4v) is 2.43. The van der Waals surface area contributed by atoms with Gasteiger partial charge in [-0.1, -0.05) is 39.5 Å². The molecule has 1 aromatic rings. The van der Waals surface area contributed by atoms with Crippen LogP contribution in [0.2, 0.25) is 0 Å². The summed E-state index contributed by atoms with van der Waals surface area (Å²) in [5, 5.41) is 11.3. The number of nitrogens with one attached hydrogen (secondary N) is 1. The molecule has 1 heterocycles. The molecule has 0 aliphatic carbocycles. The number of carbonyl (C=O) groups is 2. The molecule has 0 aliphatic heterocycles. The number of carboxylic acids is 1. The Morgan fingerprint density at radius 3 is 2.53 bits per heavy atom. The Balaban J connectivity index is 2.80. The first-order valence-corrected chi connectivity index (χ1v) is 7.00. The fraction of sp³-hybridized carbons (Fsp3) is 0.600. The molecule has 1 aromatic heterocycles. The van der Waals surface area contributed by atoms with Gasteiger partial charge in [0.2, 0.25) is 0 Å². The Morgan fingerprint density at radius 1 is 1.32 bits per heavy atom. The molecule has 0 aliphatic rings. The molecule has 0 saturated carbocycles. The van der Waals surface area contributed by atoms with Gasteiger partial charge in [-0.15, -0.1) is 0 Å². The molecule has 1 N–H and O–H groups in total. The largest absolute Gasteiger partial charge is 0.549 e. The minimum atomic E-state index is -1.26. The lowest BCUT2D eigenvalue weighted by Crippen LogP contribution is -2.41. The van der Waals surface area contributed by atoms with Gasteiger partial charge in [-0.2, -0.15) is 0 Å². The van der Waals surface area contributed by atoms with Crippen LogP contribution in [-0.4, -0.2) is 16.7 Å². The van der Waals surface area contributed by atoms with E-state index in [-0.39, 0.29) is 11.7 Å². The van der Waals surface area contributed by atoms with Crippen LogP contribution in [0, 0.1) is 11.8 Å². The summed E-state index contributed by atoms with van der Waals surface area (Å²) in [6, 6.07) is 3.30. The molecule has 4 heteroatoms. The highest BCUT2D eigenvalue weighted by molar-refractivity contribution is 6.06. The van der Waals surface area contributed by atoms with Crippen molar-refractivity contribution in [3.63, 3.8) is 0 Å². The molecule has 0 saturated heterocycles. The molecular formula is C15H22NO3-. The first kappa shape index (κ1) is 15.5. The maximum absolute atomic E-state index is 12.2. The van der Waals surface area contributed by atoms with E-state index < -0.39 is 11.9 Å². The average molecular weight is 264 g/mol. The molecule has 2 atom stereocenters. The third kappa shape index (κ3) is 4.23. The van der Waals surface area contributed by atoms with Gasteiger partial charge in [0.15, 0.2) is 5.78 Å². The van der Waals surface area contributed by atoms with Gasteiger partial charge in [0.1, 0.15) is 0 Å². The van der Waals surface area contributed by atoms with Crippen molar-refractivity contribution in [2.45, 2.75) is 46.0 Å². The average Bonchev–Trinajstić information content (AvgIpc) is 2.90. The van der Waals surface area contributed by atoms with Gasteiger partial charge < -0.3 is 14.9 Å². The number of H-pyrrole nitrogens is 1. The summed E-state index contributed by atoms with van der Waals surface area (Å²) in [7, 11) is 0. The molecular weight excluding hydrogens is 242 g/mol. The number of rotatable bonds is 9. The number of carbonyl (C=O) groups excluding carboxylic acids is 2. The van der Waals surface area contributed by atoms with Crippen LogP contribution in [0.3, 0.4) is 0 Å². The van der Waals surface area contributed by atoms with Crippen molar-refractivity contribution >= 4 is 11.8 Å². The highest BCUT2D eigenvalue weighted by Gasteiger charge is 2.29. The van der Waals surface area contributed by atoms with Gasteiger partial charge in [0, 0.05) is 6.20 Å². The maximum Gasteiger partial charge on any atom is 0.187 e. The number of hydrogen-bond acceptors (Lipinski definition) is 3. The van der Waals surface area contributed by atoms with Gasteiger partial charge in [0.25, 0.3) is 0 Å². The number of Topliss-reactive ketones (excluding diaryl/α,β-unsaturated/α-hetero) is 1. The van der Waals surface area contributed by atoms with Crippen LogP contribution in [-0.2, 0) is 4.79 Å². The fourth-order valence-electron chi connectivity index (χ4n) is 2.43. The van der Waals surface area contributed by atoms with Gasteiger partial charge in [-0.3, -0.25) is 4.79 Å². The summed E-state index contributed by atoms with van der Waals surface area (Å²) < 4.78 is 0. The lowest BCUT2D eigenvalue weighted by atomic mass is 9.82. The molecule has 0 amide bonds. The van der Waals surface area contributed by atoms with E-state index in [0.29, 0.717) is 12.1 Å². The smallest absolute Gasteiger partial charge is 0.187 e. The molecule has 0 bridgehead atoms. The van der Waals surface area contributed by atoms with Gasteiger partial charge >= 0.3 is 0 Å². The Hall–Kier alpha value is -1.58. The van der Waals surface area contributed by atoms with Crippen LogP contribution >= 0.6 is 0 Å². The van der Waals surface area contributed by atoms with E-state index >= 15 is 0 Å². The Kier molecular flexibility index (Phi) is 6.33. The van der Waals surface area contributed by atoms with Gasteiger partial charge in [-0.05, 0) is 24.5 Å². The summed E-state index contributed by atoms with van der Waals surface area (Å²) in [5.41, 5.74) is 0.350. The van der Waals surface area contributed by atoms with Crippen LogP contribution in [0.4, 0.5) is 0 Å². The quantitative estimate of drug-likeness (QED) is 0.422. The zero-order valence-electron chi connectivity index (χ0n) is 11.6. The molecule has 1 rings (SSSR count). The lowest BCUT2D eigenvalue weighted by Gasteiger charge is -2.25. The Morgan fingerprint density at radius 2 is 2.05 bits per heavy atom. The number of aromatic amines is 1. The normalized spacial score (nSPS) is 14.0. The zero-order chi connectivity index (χ0) is 14.3. The van der Waals surface area contributed by atoms with E-state index in [2.05, 4.69) is 11.9 Å². The van der Waals surface area contributed by atoms with Crippen molar-refractivity contribution in [1.29, 1.82) is 0 Å². The summed E-state index contributed by atoms with van der Waals surface area (Å²) in [6.45, 7) is 4.02. The van der Waals surface area contributed by atoms with E-state index in [4.69, 9.17) is 0 Å². The highest BCUT2D eigenvalue weighted by Crippen LogP contribution is 2.25. The molecule has 0 aromatic carbocycles. The van der Waals surface area contributed by atoms with Gasteiger partial charge in [0.05, 0.1) is 17.6 Å². The first-order valence-electron chi connectivity index (χ1n) is 7.00. The number of ketones is 1. The summed E-state index contributed by atoms with van der Waals surface area (Å²) in [4.78, 5) is 26.3. The van der Waals surface area contributed by atoms with Crippen molar-refractivity contribution in [2.75, 3.05) is 0 Å². The van der Waals surface area contributed by atoms with Crippen molar-refractivity contribution < 1.29 is 14.7 Å². The summed E-state index contributed by atoms with van der Waals surface area (Å²) in [5.74, 6) is -2.82. The topological polar surface area (TPSA) is 73.0 Å². The molecule has 4 nitrogen and oxygen atoms in total. The van der Waals surface area contributed by atoms with Crippen molar-refractivity contribution in [3.05, 3.63) is 24.0 Å². The Bertz CT molecular complexity index is 398. The first-order chi connectivity index (χ1) is 9.11. The monoisotopic (exact) mass is 264 g/mol. The van der Waals surface area contributed by atoms with E-state index in [1.807, 2.05) is 6.92 Å². The standard InChI is InChI=1S/C15H23NO3/c1-3-5-6-8-11(4-2)13(15(18)19)14(17)12-9-7-10-16-12/h7,9-11,13,16H,3-6,8H2,1-2H3,(H,18,19)/p-1. The van der Waals surface area contributed by atoms with Crippen molar-refractivity contribution in [2.24, 2.45) is 11.8 Å². The van der Waals surface area contributed by atoms with Crippen LogP contribution in [0.1, 0.15) is 56.4 Å². The van der Waals surface area contributed by atoms with E-state index in [9.17, 15) is 14.7 Å². The van der Waals surface area contributed by atoms with Crippen LogP contribution in [0.25, 0.3) is 0 Å². The van der Waals surface area contributed by atoms with E-state index in [0.717, 1.165) is 25.7 Å². The minimum absolute atomic E-state index is 0.146. The summed E-state index contributed by atoms with van der Waals surface area (Å²) >= 11 is 0. The third-order valence-electron chi connectivity index (χ3n) is 3.57. The van der Waals surface area contributed by atoms with Gasteiger partial charge in [-0.25, -0.2) is 0 Å². The highest BCUT2D eigenvalue weighted by atomic mass is 16.4. The van der Waals surface area contributed by atoms with E-state index in [1.54, 1.807) is 18.3 Å². The number of unbranched alkanes of at least 4 members (excludes halogenated alkanes) is 2. The molecule has 2 unspecified atom stereocenters. The second-order valence-corrected chi connectivity index (χ2v) is 4.91. The minimum Gasteiger partial charge on any atom is -0.549 e. The van der Waals surface area contributed by atoms with Crippen LogP contribution in [0.15, 0.2) is 18.3 Å². The van der Waals surface area contributed by atoms with Crippen LogP contribution in [0.5, 0.6) is 0 Å². The number of aliphatic carboxylic acids is 1. The van der Waals surface area contributed by atoms with E-state index in [1.165, 1.54) is 0 Å². The second kappa shape index (κ2) is 7.77. The number of carboxylic acid groups (broad SMARTS) is 1. The Labute approximate surface area is 114 Å². The zero-order valence-corrected chi connectivity index (χ0v) is 11.6. The molecule has 19 heavy (non-hydrogen) atoms. The summed E-state index contributed by atoms with van der Waals surface area (Å²) in [6.07, 6.45) is 6.16. The molecule has 0 spiro atoms. The lowest BCUT2D eigenvalue weighted by molar-refractivity contribution is -0.310. The molecule has 0 radical (unpaired) electrons. The predicted molar refractivity (Wildman–Crippen MR) is 71.5 cm³/mol. The molecule has 0 fully saturated rings. The van der Waals surface area contributed by atoms with Crippen molar-refractivity contribution in [3.8, 4) is 0 Å². The van der Waals surface area contributed by atoms with Crippen LogP contribution < -0.4 is 5.11 Å². The number of hydrogen-bond donors (Lipinski definition) is 1. The maximum atomic E-state index is 12.2. The SMILES string of the molecule is CCCCCC(CC)C(C(=O)[O-])C(=O)c1ccc[nH]1. The number of aromatic nitrogens is 1. The second-order valence-electron chi connectivity index (χ2n) is 4.91. The third-order valence-corrected chi connectivity index (χ3v) is 3.57. The van der Waals surface area contributed by atoms with Crippen molar-refractivity contribution in [1.82, 2.24) is 4.98 Å². The molecule has 106 valence electrons. The predicted octanol–water partition coefficient (Wildman–Crippen LogP) is 2.17.